The van der Waals surface area contributed by atoms with Crippen LogP contribution in [0.2, 0.25) is 0 Å². The van der Waals surface area contributed by atoms with Crippen LogP contribution in [0, 0.1) is 5.92 Å². The predicted molar refractivity (Wildman–Crippen MR) is 109 cm³/mol. The molecule has 0 spiro atoms. The second kappa shape index (κ2) is 9.56. The van der Waals surface area contributed by atoms with Crippen LogP contribution in [0.25, 0.3) is 0 Å². The minimum absolute atomic E-state index is 0.0648. The highest BCUT2D eigenvalue weighted by Crippen LogP contribution is 2.29. The van der Waals surface area contributed by atoms with Gasteiger partial charge in [0.2, 0.25) is 6.10 Å². The maximum absolute atomic E-state index is 13.4. The molecule has 0 saturated carbocycles. The Morgan fingerprint density at radius 2 is 1.78 bits per heavy atom. The number of aryl methyl sites for hydroxylation is 1. The second-order valence-corrected chi connectivity index (χ2v) is 7.20. The van der Waals surface area contributed by atoms with Crippen molar-refractivity contribution in [3.05, 3.63) is 65.7 Å². The summed E-state index contributed by atoms with van der Waals surface area (Å²) in [6, 6.07) is 17.8. The predicted octanol–water partition coefficient (Wildman–Crippen LogP) is 3.83. The van der Waals surface area contributed by atoms with Crippen molar-refractivity contribution in [2.24, 2.45) is 5.92 Å². The standard InChI is InChI=1S/C23H30N2O2/c1-3-19-9-7-8-12-21(19)27-22(20-10-5-4-6-11-20)23(26)25-15-13-18(14-16-25)17-24-2/h4-12,18,22,24H,3,13-17H2,1-2H3. The van der Waals surface area contributed by atoms with E-state index < -0.39 is 6.10 Å². The molecule has 4 nitrogen and oxygen atoms in total. The third kappa shape index (κ3) is 4.89. The molecule has 3 rings (SSSR count). The van der Waals surface area contributed by atoms with Crippen LogP contribution in [-0.4, -0.2) is 37.5 Å². The Morgan fingerprint density at radius 3 is 2.44 bits per heavy atom. The van der Waals surface area contributed by atoms with E-state index in [4.69, 9.17) is 4.74 Å². The molecule has 4 heteroatoms. The van der Waals surface area contributed by atoms with Gasteiger partial charge in [-0.15, -0.1) is 0 Å². The first-order valence-electron chi connectivity index (χ1n) is 9.95. The van der Waals surface area contributed by atoms with E-state index in [0.29, 0.717) is 5.92 Å². The molecule has 1 unspecified atom stereocenters. The first kappa shape index (κ1) is 19.4. The maximum atomic E-state index is 13.4. The molecule has 1 aliphatic heterocycles. The molecule has 0 bridgehead atoms. The van der Waals surface area contributed by atoms with Crippen LogP contribution in [0.3, 0.4) is 0 Å². The summed E-state index contributed by atoms with van der Waals surface area (Å²) in [5, 5.41) is 3.25. The number of piperidine rings is 1. The molecular formula is C23H30N2O2. The number of likely N-dealkylation sites (tertiary alicyclic amines) is 1. The number of nitrogens with one attached hydrogen (secondary N) is 1. The van der Waals surface area contributed by atoms with Gasteiger partial charge < -0.3 is 15.0 Å². The average molecular weight is 367 g/mol. The Hall–Kier alpha value is -2.33. The van der Waals surface area contributed by atoms with Gasteiger partial charge in [-0.2, -0.15) is 0 Å². The van der Waals surface area contributed by atoms with E-state index in [9.17, 15) is 4.79 Å². The van der Waals surface area contributed by atoms with Crippen molar-refractivity contribution in [2.75, 3.05) is 26.7 Å². The van der Waals surface area contributed by atoms with Crippen LogP contribution < -0.4 is 10.1 Å². The average Bonchev–Trinajstić information content (AvgIpc) is 2.73. The summed E-state index contributed by atoms with van der Waals surface area (Å²) in [6.07, 6.45) is 2.36. The fourth-order valence-corrected chi connectivity index (χ4v) is 3.74. The van der Waals surface area contributed by atoms with Crippen molar-refractivity contribution >= 4 is 5.91 Å². The SMILES string of the molecule is CCc1ccccc1OC(C(=O)N1CCC(CNC)CC1)c1ccccc1. The number of rotatable bonds is 7. The topological polar surface area (TPSA) is 41.6 Å². The van der Waals surface area contributed by atoms with Crippen molar-refractivity contribution < 1.29 is 9.53 Å². The number of hydrogen-bond donors (Lipinski definition) is 1. The third-order valence-corrected chi connectivity index (χ3v) is 5.34. The summed E-state index contributed by atoms with van der Waals surface area (Å²) in [4.78, 5) is 15.3. The molecule has 1 saturated heterocycles. The number of carbonyl (C=O) groups is 1. The minimum atomic E-state index is -0.597. The van der Waals surface area contributed by atoms with Gasteiger partial charge >= 0.3 is 0 Å². The summed E-state index contributed by atoms with van der Waals surface area (Å²) in [5.41, 5.74) is 2.03. The van der Waals surface area contributed by atoms with Gasteiger partial charge in [-0.1, -0.05) is 55.5 Å². The van der Waals surface area contributed by atoms with Gasteiger partial charge in [0.05, 0.1) is 0 Å². The molecule has 1 heterocycles. The minimum Gasteiger partial charge on any atom is -0.476 e. The van der Waals surface area contributed by atoms with Crippen LogP contribution in [0.15, 0.2) is 54.6 Å². The van der Waals surface area contributed by atoms with E-state index in [1.807, 2.05) is 60.5 Å². The van der Waals surface area contributed by atoms with Gasteiger partial charge in [0.1, 0.15) is 5.75 Å². The molecule has 0 aliphatic carbocycles. The van der Waals surface area contributed by atoms with Crippen molar-refractivity contribution in [1.29, 1.82) is 0 Å². The molecule has 2 aromatic carbocycles. The lowest BCUT2D eigenvalue weighted by molar-refractivity contribution is -0.140. The van der Waals surface area contributed by atoms with Crippen molar-refractivity contribution in [1.82, 2.24) is 10.2 Å². The Balaban J connectivity index is 1.79. The molecular weight excluding hydrogens is 336 g/mol. The van der Waals surface area contributed by atoms with Crippen molar-refractivity contribution in [3.63, 3.8) is 0 Å². The molecule has 1 aliphatic rings. The zero-order valence-corrected chi connectivity index (χ0v) is 16.4. The molecule has 1 amide bonds. The Bertz CT molecular complexity index is 724. The van der Waals surface area contributed by atoms with Gasteiger partial charge in [-0.3, -0.25) is 4.79 Å². The highest BCUT2D eigenvalue weighted by atomic mass is 16.5. The first-order chi connectivity index (χ1) is 13.2. The summed E-state index contributed by atoms with van der Waals surface area (Å²) < 4.78 is 6.31. The number of carbonyl (C=O) groups excluding carboxylic acids is 1. The Labute approximate surface area is 162 Å². The largest absolute Gasteiger partial charge is 0.476 e. The third-order valence-electron chi connectivity index (χ3n) is 5.34. The summed E-state index contributed by atoms with van der Waals surface area (Å²) in [6.45, 7) is 4.72. The second-order valence-electron chi connectivity index (χ2n) is 7.20. The van der Waals surface area contributed by atoms with Crippen LogP contribution in [0.5, 0.6) is 5.75 Å². The van der Waals surface area contributed by atoms with E-state index in [1.165, 1.54) is 0 Å². The van der Waals surface area contributed by atoms with Gasteiger partial charge in [-0.05, 0) is 50.4 Å². The van der Waals surface area contributed by atoms with E-state index in [0.717, 1.165) is 55.8 Å². The van der Waals surface area contributed by atoms with Gasteiger partial charge in [0.25, 0.3) is 5.91 Å². The van der Waals surface area contributed by atoms with E-state index in [2.05, 4.69) is 18.3 Å². The monoisotopic (exact) mass is 366 g/mol. The Morgan fingerprint density at radius 1 is 1.11 bits per heavy atom. The first-order valence-corrected chi connectivity index (χ1v) is 9.95. The summed E-state index contributed by atoms with van der Waals surface area (Å²) >= 11 is 0. The number of para-hydroxylation sites is 1. The van der Waals surface area contributed by atoms with Crippen LogP contribution in [0.4, 0.5) is 0 Å². The molecule has 144 valence electrons. The molecule has 1 fully saturated rings. The zero-order chi connectivity index (χ0) is 19.1. The number of nitrogens with zero attached hydrogens (tertiary/aromatic N) is 1. The maximum Gasteiger partial charge on any atom is 0.268 e. The number of hydrogen-bond acceptors (Lipinski definition) is 3. The van der Waals surface area contributed by atoms with Crippen LogP contribution in [-0.2, 0) is 11.2 Å². The van der Waals surface area contributed by atoms with E-state index >= 15 is 0 Å². The van der Waals surface area contributed by atoms with E-state index in [1.54, 1.807) is 0 Å². The van der Waals surface area contributed by atoms with Crippen LogP contribution in [0.1, 0.15) is 37.0 Å². The Kier molecular flexibility index (Phi) is 6.88. The number of amides is 1. The zero-order valence-electron chi connectivity index (χ0n) is 16.4. The molecule has 1 N–H and O–H groups in total. The molecule has 2 aromatic rings. The lowest BCUT2D eigenvalue weighted by Crippen LogP contribution is -2.43. The smallest absolute Gasteiger partial charge is 0.268 e. The molecule has 1 atom stereocenters. The van der Waals surface area contributed by atoms with Crippen molar-refractivity contribution in [3.8, 4) is 5.75 Å². The van der Waals surface area contributed by atoms with E-state index in [-0.39, 0.29) is 5.91 Å². The fourth-order valence-electron chi connectivity index (χ4n) is 3.74. The lowest BCUT2D eigenvalue weighted by Gasteiger charge is -2.34. The van der Waals surface area contributed by atoms with Gasteiger partial charge in [-0.25, -0.2) is 0 Å². The van der Waals surface area contributed by atoms with Crippen molar-refractivity contribution in [2.45, 2.75) is 32.3 Å². The summed E-state index contributed by atoms with van der Waals surface area (Å²) in [7, 11) is 1.99. The number of ether oxygens (including phenoxy) is 1. The lowest BCUT2D eigenvalue weighted by atomic mass is 9.96. The highest BCUT2D eigenvalue weighted by molar-refractivity contribution is 5.83. The van der Waals surface area contributed by atoms with Gasteiger partial charge in [0, 0.05) is 18.7 Å². The normalized spacial score (nSPS) is 16.1. The molecule has 0 aromatic heterocycles. The van der Waals surface area contributed by atoms with Gasteiger partial charge in [0.15, 0.2) is 0 Å². The quantitative estimate of drug-likeness (QED) is 0.810. The summed E-state index contributed by atoms with van der Waals surface area (Å²) in [5.74, 6) is 1.51. The number of benzene rings is 2. The molecule has 27 heavy (non-hydrogen) atoms. The highest BCUT2D eigenvalue weighted by Gasteiger charge is 2.31. The molecule has 0 radical (unpaired) electrons. The fraction of sp³-hybridized carbons (Fsp3) is 0.435. The van der Waals surface area contributed by atoms with Crippen LogP contribution >= 0.6 is 0 Å².